The van der Waals surface area contributed by atoms with Crippen LogP contribution in [0.4, 0.5) is 0 Å². The molecule has 0 bridgehead atoms. The minimum atomic E-state index is -0.252. The van der Waals surface area contributed by atoms with Crippen molar-refractivity contribution in [2.45, 2.75) is 6.54 Å². The van der Waals surface area contributed by atoms with E-state index in [4.69, 9.17) is 32.4 Å². The van der Waals surface area contributed by atoms with Crippen LogP contribution in [-0.2, 0) is 11.3 Å². The van der Waals surface area contributed by atoms with E-state index in [0.29, 0.717) is 42.8 Å². The average molecular weight is 502 g/mol. The monoisotopic (exact) mass is 501 g/mol. The molecule has 0 atom stereocenters. The Morgan fingerprint density at radius 2 is 2.06 bits per heavy atom. The number of furan rings is 1. The third-order valence-corrected chi connectivity index (χ3v) is 6.44. The Morgan fingerprint density at radius 3 is 2.82 bits per heavy atom. The predicted octanol–water partition coefficient (Wildman–Crippen LogP) is 5.81. The minimum absolute atomic E-state index is 0.0146. The van der Waals surface area contributed by atoms with E-state index >= 15 is 0 Å². The molecule has 0 saturated carbocycles. The fourth-order valence-electron chi connectivity index (χ4n) is 2.98. The van der Waals surface area contributed by atoms with Crippen LogP contribution in [0, 0.1) is 0 Å². The molecule has 1 N–H and O–H groups in total. The molecule has 1 fully saturated rings. The predicted molar refractivity (Wildman–Crippen MR) is 131 cm³/mol. The highest BCUT2D eigenvalue weighted by atomic mass is 35.5. The van der Waals surface area contributed by atoms with Crippen molar-refractivity contribution < 1.29 is 19.1 Å². The van der Waals surface area contributed by atoms with E-state index in [0.717, 1.165) is 0 Å². The first-order valence-electron chi connectivity index (χ1n) is 9.62. The van der Waals surface area contributed by atoms with E-state index in [-0.39, 0.29) is 18.2 Å². The Bertz CT molecular complexity index is 1270. The summed E-state index contributed by atoms with van der Waals surface area (Å²) in [6.45, 7) is 0.196. The molecule has 0 unspecified atom stereocenters. The summed E-state index contributed by atoms with van der Waals surface area (Å²) in [5.74, 6) is 0.675. The first kappa shape index (κ1) is 23.0. The van der Waals surface area contributed by atoms with E-state index in [1.165, 1.54) is 36.1 Å². The Hall–Kier alpha value is -3.20. The van der Waals surface area contributed by atoms with Crippen molar-refractivity contribution in [2.75, 3.05) is 7.11 Å². The molecule has 1 saturated heterocycles. The van der Waals surface area contributed by atoms with Crippen molar-refractivity contribution in [2.24, 2.45) is 10.2 Å². The number of carbonyl (C=O) groups excluding carboxylic acids is 1. The van der Waals surface area contributed by atoms with Crippen LogP contribution in [-0.4, -0.2) is 34.4 Å². The standard InChI is InChI=1S/C23H17Cl2N3O4S/c1-31-19-10-14(7-8-18(19)29)11-20-22(30)28(13-16-5-3-9-32-16)23(33-20)27-26-12-15-4-2-6-17(24)21(15)25/h2-12,29H,13H2,1H3/b20-11-,26-12+,27-23-. The largest absolute Gasteiger partial charge is 0.504 e. The third kappa shape index (κ3) is 5.24. The molecule has 0 spiro atoms. The number of phenolic OH excluding ortho intramolecular Hbond substituents is 1. The number of rotatable bonds is 6. The van der Waals surface area contributed by atoms with Crippen LogP contribution in [0.3, 0.4) is 0 Å². The first-order chi connectivity index (χ1) is 16.0. The summed E-state index contributed by atoms with van der Waals surface area (Å²) < 4.78 is 10.5. The number of halogens is 2. The van der Waals surface area contributed by atoms with Gasteiger partial charge in [-0.1, -0.05) is 41.4 Å². The maximum absolute atomic E-state index is 13.1. The van der Waals surface area contributed by atoms with Crippen LogP contribution in [0.2, 0.25) is 10.0 Å². The van der Waals surface area contributed by atoms with Gasteiger partial charge in [0.2, 0.25) is 0 Å². The summed E-state index contributed by atoms with van der Waals surface area (Å²) in [5.41, 5.74) is 1.29. The van der Waals surface area contributed by atoms with Crippen molar-refractivity contribution in [1.29, 1.82) is 0 Å². The zero-order valence-electron chi connectivity index (χ0n) is 17.2. The number of hydrogen-bond acceptors (Lipinski definition) is 7. The smallest absolute Gasteiger partial charge is 0.267 e. The van der Waals surface area contributed by atoms with Crippen LogP contribution in [0.25, 0.3) is 6.08 Å². The van der Waals surface area contributed by atoms with Crippen LogP contribution in [0.15, 0.2) is 74.3 Å². The van der Waals surface area contributed by atoms with Gasteiger partial charge in [-0.15, -0.1) is 5.10 Å². The second-order valence-electron chi connectivity index (χ2n) is 6.78. The fraction of sp³-hybridized carbons (Fsp3) is 0.0870. The molecule has 10 heteroatoms. The first-order valence-corrected chi connectivity index (χ1v) is 11.2. The molecular formula is C23H17Cl2N3O4S. The topological polar surface area (TPSA) is 87.6 Å². The molecule has 33 heavy (non-hydrogen) atoms. The summed E-state index contributed by atoms with van der Waals surface area (Å²) >= 11 is 13.4. The second-order valence-corrected chi connectivity index (χ2v) is 8.58. The second kappa shape index (κ2) is 10.2. The zero-order chi connectivity index (χ0) is 23.4. The lowest BCUT2D eigenvalue weighted by Gasteiger charge is -2.12. The lowest BCUT2D eigenvalue weighted by atomic mass is 10.2. The number of amides is 1. The van der Waals surface area contributed by atoms with E-state index < -0.39 is 0 Å². The lowest BCUT2D eigenvalue weighted by molar-refractivity contribution is -0.122. The van der Waals surface area contributed by atoms with Crippen molar-refractivity contribution in [3.05, 3.63) is 86.6 Å². The molecule has 0 aliphatic carbocycles. The van der Waals surface area contributed by atoms with E-state index in [1.807, 2.05) is 0 Å². The SMILES string of the molecule is COc1cc(/C=C2\S/C(=N\N=C\c3cccc(Cl)c3Cl)N(Cc3ccco3)C2=O)ccc1O. The van der Waals surface area contributed by atoms with Crippen molar-refractivity contribution in [3.63, 3.8) is 0 Å². The number of thioether (sulfide) groups is 1. The fourth-order valence-corrected chi connectivity index (χ4v) is 4.27. The molecule has 0 radical (unpaired) electrons. The number of ether oxygens (including phenoxy) is 1. The van der Waals surface area contributed by atoms with Gasteiger partial charge in [-0.25, -0.2) is 0 Å². The lowest BCUT2D eigenvalue weighted by Crippen LogP contribution is -2.28. The molecule has 3 aromatic rings. The van der Waals surface area contributed by atoms with Gasteiger partial charge in [-0.05, 0) is 53.7 Å². The van der Waals surface area contributed by atoms with Crippen LogP contribution >= 0.6 is 35.0 Å². The summed E-state index contributed by atoms with van der Waals surface area (Å²) in [6, 6.07) is 13.5. The molecule has 4 rings (SSSR count). The summed E-state index contributed by atoms with van der Waals surface area (Å²) in [5, 5.41) is 19.3. The zero-order valence-corrected chi connectivity index (χ0v) is 19.6. The summed E-state index contributed by atoms with van der Waals surface area (Å²) in [6.07, 6.45) is 4.71. The summed E-state index contributed by atoms with van der Waals surface area (Å²) in [7, 11) is 1.46. The number of benzene rings is 2. The molecule has 1 aliphatic rings. The van der Waals surface area contributed by atoms with Gasteiger partial charge in [0.1, 0.15) is 5.76 Å². The van der Waals surface area contributed by atoms with Crippen LogP contribution < -0.4 is 4.74 Å². The number of phenols is 1. The van der Waals surface area contributed by atoms with Gasteiger partial charge in [-0.2, -0.15) is 5.10 Å². The number of hydrogen-bond donors (Lipinski definition) is 1. The van der Waals surface area contributed by atoms with Crippen molar-refractivity contribution in [3.8, 4) is 11.5 Å². The Balaban J connectivity index is 1.65. The van der Waals surface area contributed by atoms with Crippen molar-refractivity contribution in [1.82, 2.24) is 4.90 Å². The molecule has 2 heterocycles. The summed E-state index contributed by atoms with van der Waals surface area (Å²) in [4.78, 5) is 15.1. The van der Waals surface area contributed by atoms with E-state index in [1.54, 1.807) is 54.8 Å². The number of nitrogens with zero attached hydrogens (tertiary/aromatic N) is 3. The number of aromatic hydroxyl groups is 1. The maximum Gasteiger partial charge on any atom is 0.267 e. The third-order valence-electron chi connectivity index (χ3n) is 4.61. The molecular weight excluding hydrogens is 485 g/mol. The van der Waals surface area contributed by atoms with Gasteiger partial charge in [-0.3, -0.25) is 9.69 Å². The molecule has 1 amide bonds. The maximum atomic E-state index is 13.1. The van der Waals surface area contributed by atoms with Gasteiger partial charge >= 0.3 is 0 Å². The normalized spacial score (nSPS) is 16.5. The van der Waals surface area contributed by atoms with Gasteiger partial charge in [0.15, 0.2) is 16.7 Å². The highest BCUT2D eigenvalue weighted by Gasteiger charge is 2.34. The van der Waals surface area contributed by atoms with Crippen LogP contribution in [0.1, 0.15) is 16.9 Å². The minimum Gasteiger partial charge on any atom is -0.504 e. The van der Waals surface area contributed by atoms with Gasteiger partial charge in [0, 0.05) is 5.56 Å². The van der Waals surface area contributed by atoms with Crippen LogP contribution in [0.5, 0.6) is 11.5 Å². The highest BCUT2D eigenvalue weighted by Crippen LogP contribution is 2.35. The van der Waals surface area contributed by atoms with Gasteiger partial charge in [0.25, 0.3) is 5.91 Å². The number of methoxy groups -OCH3 is 1. The number of amidine groups is 1. The molecule has 168 valence electrons. The quantitative estimate of drug-likeness (QED) is 0.261. The van der Waals surface area contributed by atoms with E-state index in [2.05, 4.69) is 10.2 Å². The Kier molecular flexibility index (Phi) is 7.08. The molecule has 1 aromatic heterocycles. The van der Waals surface area contributed by atoms with Gasteiger partial charge in [0.05, 0.1) is 41.1 Å². The van der Waals surface area contributed by atoms with Crippen molar-refractivity contribution >= 4 is 58.3 Å². The van der Waals surface area contributed by atoms with Gasteiger partial charge < -0.3 is 14.3 Å². The van der Waals surface area contributed by atoms with E-state index in [9.17, 15) is 9.90 Å². The Labute approximate surface area is 204 Å². The Morgan fingerprint density at radius 1 is 1.21 bits per heavy atom. The number of carbonyl (C=O) groups is 1. The molecule has 1 aliphatic heterocycles. The average Bonchev–Trinajstić information content (AvgIpc) is 3.42. The molecule has 7 nitrogen and oxygen atoms in total. The highest BCUT2D eigenvalue weighted by molar-refractivity contribution is 8.18. The molecule has 2 aromatic carbocycles.